The maximum Gasteiger partial charge on any atom is 0.0325 e. The monoisotopic (exact) mass is 268 g/mol. The molecular weight excluding hydrogens is 240 g/mol. The molecule has 0 spiro atoms. The molecule has 1 atom stereocenters. The number of nitrogens with one attached hydrogen (secondary N) is 1. The molecule has 1 rings (SSSR count). The highest BCUT2D eigenvalue weighted by atomic mass is 32.1. The van der Waals surface area contributed by atoms with E-state index in [1.165, 1.54) is 17.7 Å². The van der Waals surface area contributed by atoms with Gasteiger partial charge in [-0.1, -0.05) is 19.9 Å². The first-order valence-corrected chi connectivity index (χ1v) is 7.90. The highest BCUT2D eigenvalue weighted by molar-refractivity contribution is 7.09. The summed E-state index contributed by atoms with van der Waals surface area (Å²) in [6, 6.07) is 4.97. The van der Waals surface area contributed by atoms with Crippen LogP contribution < -0.4 is 5.32 Å². The van der Waals surface area contributed by atoms with Crippen LogP contribution in [0.4, 0.5) is 0 Å². The van der Waals surface area contributed by atoms with Crippen molar-refractivity contribution in [3.05, 3.63) is 22.4 Å². The Kier molecular flexibility index (Phi) is 7.56. The molecule has 104 valence electrons. The lowest BCUT2D eigenvalue weighted by Crippen LogP contribution is -2.34. The molecule has 1 aromatic rings. The third kappa shape index (κ3) is 7.14. The van der Waals surface area contributed by atoms with Gasteiger partial charge in [-0.2, -0.15) is 0 Å². The highest BCUT2D eigenvalue weighted by Gasteiger charge is 2.04. The van der Waals surface area contributed by atoms with E-state index in [2.05, 4.69) is 55.5 Å². The minimum Gasteiger partial charge on any atom is -0.313 e. The van der Waals surface area contributed by atoms with E-state index in [1.807, 2.05) is 11.3 Å². The Hall–Kier alpha value is -0.380. The van der Waals surface area contributed by atoms with Crippen LogP contribution >= 0.6 is 11.3 Å². The molecule has 1 unspecified atom stereocenters. The number of hydrogen-bond acceptors (Lipinski definition) is 3. The molecule has 0 aliphatic heterocycles. The lowest BCUT2D eigenvalue weighted by molar-refractivity contribution is 0.316. The lowest BCUT2D eigenvalue weighted by Gasteiger charge is -2.19. The van der Waals surface area contributed by atoms with Gasteiger partial charge in [0.2, 0.25) is 0 Å². The molecule has 0 radical (unpaired) electrons. The van der Waals surface area contributed by atoms with Crippen LogP contribution in [0.3, 0.4) is 0 Å². The van der Waals surface area contributed by atoms with Crippen molar-refractivity contribution in [2.24, 2.45) is 5.92 Å². The van der Waals surface area contributed by atoms with E-state index in [4.69, 9.17) is 0 Å². The molecule has 3 heteroatoms. The van der Waals surface area contributed by atoms with Crippen molar-refractivity contribution in [1.82, 2.24) is 10.2 Å². The fourth-order valence-electron chi connectivity index (χ4n) is 1.93. The first-order valence-electron chi connectivity index (χ1n) is 7.02. The molecule has 0 aliphatic rings. The van der Waals surface area contributed by atoms with Crippen molar-refractivity contribution in [3.63, 3.8) is 0 Å². The maximum absolute atomic E-state index is 3.61. The van der Waals surface area contributed by atoms with Crippen LogP contribution in [0, 0.1) is 5.92 Å². The number of rotatable bonds is 9. The van der Waals surface area contributed by atoms with E-state index in [0.717, 1.165) is 25.6 Å². The van der Waals surface area contributed by atoms with Gasteiger partial charge >= 0.3 is 0 Å². The van der Waals surface area contributed by atoms with Crippen molar-refractivity contribution in [3.8, 4) is 0 Å². The Morgan fingerprint density at radius 2 is 2.06 bits per heavy atom. The van der Waals surface area contributed by atoms with Crippen LogP contribution in [0.25, 0.3) is 0 Å². The summed E-state index contributed by atoms with van der Waals surface area (Å²) in [6.07, 6.45) is 2.60. The standard InChI is InChI=1S/C15H28N2S/c1-13(2)7-8-14(3)16-9-10-17(4)12-15-6-5-11-18-15/h5-6,11,13-14,16H,7-10,12H2,1-4H3. The molecule has 0 amide bonds. The Balaban J connectivity index is 2.06. The van der Waals surface area contributed by atoms with Crippen LogP contribution in [0.5, 0.6) is 0 Å². The van der Waals surface area contributed by atoms with Crippen molar-refractivity contribution < 1.29 is 0 Å². The van der Waals surface area contributed by atoms with Gasteiger partial charge in [-0.05, 0) is 44.2 Å². The quantitative estimate of drug-likeness (QED) is 0.736. The number of likely N-dealkylation sites (N-methyl/N-ethyl adjacent to an activating group) is 1. The smallest absolute Gasteiger partial charge is 0.0325 e. The number of thiophene rings is 1. The Labute approximate surface area is 116 Å². The van der Waals surface area contributed by atoms with E-state index in [-0.39, 0.29) is 0 Å². The van der Waals surface area contributed by atoms with Crippen LogP contribution in [0.1, 0.15) is 38.5 Å². The summed E-state index contributed by atoms with van der Waals surface area (Å²) in [5.41, 5.74) is 0. The summed E-state index contributed by atoms with van der Waals surface area (Å²) < 4.78 is 0. The van der Waals surface area contributed by atoms with Crippen molar-refractivity contribution >= 4 is 11.3 Å². The molecule has 2 nitrogen and oxygen atoms in total. The summed E-state index contributed by atoms with van der Waals surface area (Å²) in [7, 11) is 2.19. The molecule has 1 heterocycles. The van der Waals surface area contributed by atoms with E-state index in [9.17, 15) is 0 Å². The first kappa shape index (κ1) is 15.7. The first-order chi connectivity index (χ1) is 8.58. The third-order valence-corrected chi connectivity index (χ3v) is 4.03. The van der Waals surface area contributed by atoms with Gasteiger partial charge in [-0.3, -0.25) is 0 Å². The fourth-order valence-corrected chi connectivity index (χ4v) is 2.72. The molecule has 0 saturated carbocycles. The molecule has 0 bridgehead atoms. The van der Waals surface area contributed by atoms with Gasteiger partial charge in [0.15, 0.2) is 0 Å². The molecule has 0 saturated heterocycles. The summed E-state index contributed by atoms with van der Waals surface area (Å²) in [5, 5.41) is 5.76. The molecule has 0 fully saturated rings. The zero-order valence-corrected chi connectivity index (χ0v) is 13.1. The predicted octanol–water partition coefficient (Wildman–Crippen LogP) is 3.59. The molecule has 0 aromatic carbocycles. The van der Waals surface area contributed by atoms with E-state index in [1.54, 1.807) is 0 Å². The van der Waals surface area contributed by atoms with Gasteiger partial charge < -0.3 is 10.2 Å². The number of nitrogens with zero attached hydrogens (tertiary/aromatic N) is 1. The predicted molar refractivity (Wildman–Crippen MR) is 82.2 cm³/mol. The average Bonchev–Trinajstić information content (AvgIpc) is 2.79. The molecule has 1 aromatic heterocycles. The number of hydrogen-bond donors (Lipinski definition) is 1. The topological polar surface area (TPSA) is 15.3 Å². The molecular formula is C15H28N2S. The minimum atomic E-state index is 0.641. The Morgan fingerprint density at radius 3 is 2.67 bits per heavy atom. The van der Waals surface area contributed by atoms with Gasteiger partial charge in [0.05, 0.1) is 0 Å². The Bertz CT molecular complexity index is 295. The minimum absolute atomic E-state index is 0.641. The van der Waals surface area contributed by atoms with Crippen LogP contribution in [-0.4, -0.2) is 31.1 Å². The second-order valence-electron chi connectivity index (χ2n) is 5.64. The van der Waals surface area contributed by atoms with Gasteiger partial charge in [0, 0.05) is 30.6 Å². The Morgan fingerprint density at radius 1 is 1.28 bits per heavy atom. The zero-order chi connectivity index (χ0) is 13.4. The second kappa shape index (κ2) is 8.68. The maximum atomic E-state index is 3.61. The highest BCUT2D eigenvalue weighted by Crippen LogP contribution is 2.10. The van der Waals surface area contributed by atoms with Gasteiger partial charge in [0.25, 0.3) is 0 Å². The largest absolute Gasteiger partial charge is 0.313 e. The second-order valence-corrected chi connectivity index (χ2v) is 6.68. The van der Waals surface area contributed by atoms with Crippen LogP contribution in [0.15, 0.2) is 17.5 Å². The lowest BCUT2D eigenvalue weighted by atomic mass is 10.0. The van der Waals surface area contributed by atoms with Crippen LogP contribution in [0.2, 0.25) is 0 Å². The van der Waals surface area contributed by atoms with Crippen molar-refractivity contribution in [2.75, 3.05) is 20.1 Å². The molecule has 18 heavy (non-hydrogen) atoms. The normalized spacial score (nSPS) is 13.4. The average molecular weight is 268 g/mol. The summed E-state index contributed by atoms with van der Waals surface area (Å²) >= 11 is 1.84. The SMILES string of the molecule is CC(C)CCC(C)NCCN(C)Cc1cccs1. The van der Waals surface area contributed by atoms with Gasteiger partial charge in [0.1, 0.15) is 0 Å². The van der Waals surface area contributed by atoms with E-state index >= 15 is 0 Å². The van der Waals surface area contributed by atoms with Crippen molar-refractivity contribution in [1.29, 1.82) is 0 Å². The van der Waals surface area contributed by atoms with Gasteiger partial charge in [-0.25, -0.2) is 0 Å². The zero-order valence-electron chi connectivity index (χ0n) is 12.3. The van der Waals surface area contributed by atoms with E-state index in [0.29, 0.717) is 6.04 Å². The summed E-state index contributed by atoms with van der Waals surface area (Å²) in [6.45, 7) is 10.1. The van der Waals surface area contributed by atoms with Gasteiger partial charge in [-0.15, -0.1) is 11.3 Å². The fraction of sp³-hybridized carbons (Fsp3) is 0.733. The molecule has 1 N–H and O–H groups in total. The summed E-state index contributed by atoms with van der Waals surface area (Å²) in [5.74, 6) is 0.816. The van der Waals surface area contributed by atoms with E-state index < -0.39 is 0 Å². The molecule has 0 aliphatic carbocycles. The van der Waals surface area contributed by atoms with Crippen molar-refractivity contribution in [2.45, 2.75) is 46.2 Å². The summed E-state index contributed by atoms with van der Waals surface area (Å²) in [4.78, 5) is 3.83. The third-order valence-electron chi connectivity index (χ3n) is 3.17. The van der Waals surface area contributed by atoms with Crippen LogP contribution in [-0.2, 0) is 6.54 Å².